The molecular formula is C21H30O2. The van der Waals surface area contributed by atoms with E-state index in [-0.39, 0.29) is 5.41 Å². The van der Waals surface area contributed by atoms with Crippen LogP contribution in [0.15, 0.2) is 47.6 Å². The summed E-state index contributed by atoms with van der Waals surface area (Å²) in [5, 5.41) is 10.8. The minimum absolute atomic E-state index is 0.188. The zero-order valence-corrected chi connectivity index (χ0v) is 15.1. The molecule has 0 amide bonds. The molecule has 2 nitrogen and oxygen atoms in total. The number of aliphatic hydroxyl groups is 1. The molecule has 0 aliphatic heterocycles. The van der Waals surface area contributed by atoms with E-state index >= 15 is 0 Å². The normalized spacial score (nSPS) is 20.6. The van der Waals surface area contributed by atoms with Crippen LogP contribution in [0.5, 0.6) is 5.75 Å². The molecular weight excluding hydrogens is 284 g/mol. The van der Waals surface area contributed by atoms with Gasteiger partial charge in [0.05, 0.1) is 6.61 Å². The quantitative estimate of drug-likeness (QED) is 0.791. The van der Waals surface area contributed by atoms with Crippen LogP contribution < -0.4 is 4.74 Å². The summed E-state index contributed by atoms with van der Waals surface area (Å²) in [6.45, 7) is 11.3. The standard InChI is InChI=1S/C21H30O2/c1-6-23-18-11-9-17(10-12-18)21(5,22)15-13-19-16(2)8-7-14-20(19,3)4/h9-13,15,22H,6-8,14H2,1-5H3/b15-13+. The molecule has 0 aromatic heterocycles. The summed E-state index contributed by atoms with van der Waals surface area (Å²) in [6.07, 6.45) is 7.68. The molecule has 0 heterocycles. The van der Waals surface area contributed by atoms with Crippen molar-refractivity contribution in [2.75, 3.05) is 6.61 Å². The van der Waals surface area contributed by atoms with E-state index in [0.717, 1.165) is 17.7 Å². The zero-order valence-electron chi connectivity index (χ0n) is 15.1. The van der Waals surface area contributed by atoms with Gasteiger partial charge in [-0.1, -0.05) is 37.6 Å². The van der Waals surface area contributed by atoms with Gasteiger partial charge in [-0.05, 0) is 74.8 Å². The molecule has 0 bridgehead atoms. The van der Waals surface area contributed by atoms with Gasteiger partial charge in [0.2, 0.25) is 0 Å². The first-order valence-corrected chi connectivity index (χ1v) is 8.61. The molecule has 0 saturated heterocycles. The average Bonchev–Trinajstić information content (AvgIpc) is 2.47. The fraction of sp³-hybridized carbons (Fsp3) is 0.524. The Morgan fingerprint density at radius 3 is 2.48 bits per heavy atom. The second kappa shape index (κ2) is 6.92. The molecule has 1 aliphatic carbocycles. The molecule has 1 aromatic rings. The first-order valence-electron chi connectivity index (χ1n) is 8.61. The van der Waals surface area contributed by atoms with E-state index in [1.807, 2.05) is 44.2 Å². The maximum absolute atomic E-state index is 10.8. The third-order valence-corrected chi connectivity index (χ3v) is 4.87. The van der Waals surface area contributed by atoms with E-state index in [2.05, 4.69) is 26.8 Å². The molecule has 1 N–H and O–H groups in total. The van der Waals surface area contributed by atoms with Crippen molar-refractivity contribution >= 4 is 0 Å². The van der Waals surface area contributed by atoms with E-state index in [1.165, 1.54) is 24.0 Å². The molecule has 2 heteroatoms. The van der Waals surface area contributed by atoms with Crippen LogP contribution in [0.25, 0.3) is 0 Å². The topological polar surface area (TPSA) is 29.5 Å². The molecule has 1 atom stereocenters. The van der Waals surface area contributed by atoms with Gasteiger partial charge in [-0.25, -0.2) is 0 Å². The van der Waals surface area contributed by atoms with Gasteiger partial charge in [0.25, 0.3) is 0 Å². The number of hydrogen-bond donors (Lipinski definition) is 1. The van der Waals surface area contributed by atoms with E-state index in [1.54, 1.807) is 0 Å². The van der Waals surface area contributed by atoms with E-state index in [4.69, 9.17) is 4.74 Å². The molecule has 126 valence electrons. The molecule has 2 rings (SSSR count). The summed E-state index contributed by atoms with van der Waals surface area (Å²) in [7, 11) is 0. The fourth-order valence-electron chi connectivity index (χ4n) is 3.41. The van der Waals surface area contributed by atoms with Crippen molar-refractivity contribution in [3.63, 3.8) is 0 Å². The largest absolute Gasteiger partial charge is 0.494 e. The highest BCUT2D eigenvalue weighted by Gasteiger charge is 2.28. The van der Waals surface area contributed by atoms with Crippen LogP contribution >= 0.6 is 0 Å². The molecule has 0 fully saturated rings. The van der Waals surface area contributed by atoms with Crippen molar-refractivity contribution in [2.24, 2.45) is 5.41 Å². The van der Waals surface area contributed by atoms with Crippen molar-refractivity contribution in [3.8, 4) is 5.75 Å². The van der Waals surface area contributed by atoms with Crippen LogP contribution in [0.1, 0.15) is 59.4 Å². The lowest BCUT2D eigenvalue weighted by atomic mass is 9.72. The molecule has 0 spiro atoms. The van der Waals surface area contributed by atoms with E-state index in [0.29, 0.717) is 6.61 Å². The minimum Gasteiger partial charge on any atom is -0.494 e. The number of benzene rings is 1. The Morgan fingerprint density at radius 2 is 1.91 bits per heavy atom. The van der Waals surface area contributed by atoms with Crippen molar-refractivity contribution in [1.82, 2.24) is 0 Å². The van der Waals surface area contributed by atoms with Crippen LogP contribution in [-0.2, 0) is 5.60 Å². The Labute approximate surface area is 140 Å². The van der Waals surface area contributed by atoms with Gasteiger partial charge < -0.3 is 9.84 Å². The Kier molecular flexibility index (Phi) is 5.36. The highest BCUT2D eigenvalue weighted by molar-refractivity contribution is 5.37. The van der Waals surface area contributed by atoms with Crippen molar-refractivity contribution in [1.29, 1.82) is 0 Å². The second-order valence-electron chi connectivity index (χ2n) is 7.37. The third kappa shape index (κ3) is 4.26. The van der Waals surface area contributed by atoms with Crippen LogP contribution in [0.2, 0.25) is 0 Å². The predicted octanol–water partition coefficient (Wildman–Crippen LogP) is 5.38. The highest BCUT2D eigenvalue weighted by atomic mass is 16.5. The number of hydrogen-bond acceptors (Lipinski definition) is 2. The lowest BCUT2D eigenvalue weighted by Gasteiger charge is -2.33. The van der Waals surface area contributed by atoms with Gasteiger partial charge in [-0.2, -0.15) is 0 Å². The minimum atomic E-state index is -0.981. The average molecular weight is 314 g/mol. The van der Waals surface area contributed by atoms with Crippen molar-refractivity contribution in [2.45, 2.75) is 59.5 Å². The summed E-state index contributed by atoms with van der Waals surface area (Å²) in [4.78, 5) is 0. The molecule has 23 heavy (non-hydrogen) atoms. The Balaban J connectivity index is 2.22. The summed E-state index contributed by atoms with van der Waals surface area (Å²) in [5.74, 6) is 0.836. The smallest absolute Gasteiger partial charge is 0.119 e. The van der Waals surface area contributed by atoms with E-state index < -0.39 is 5.60 Å². The summed E-state index contributed by atoms with van der Waals surface area (Å²) in [5.41, 5.74) is 2.90. The van der Waals surface area contributed by atoms with Gasteiger partial charge in [-0.3, -0.25) is 0 Å². The first kappa shape index (κ1) is 17.8. The number of allylic oxidation sites excluding steroid dienone is 3. The van der Waals surface area contributed by atoms with Crippen LogP contribution in [0, 0.1) is 5.41 Å². The van der Waals surface area contributed by atoms with Crippen LogP contribution in [-0.4, -0.2) is 11.7 Å². The third-order valence-electron chi connectivity index (χ3n) is 4.87. The summed E-state index contributed by atoms with van der Waals surface area (Å²) in [6, 6.07) is 7.69. The molecule has 0 radical (unpaired) electrons. The van der Waals surface area contributed by atoms with Gasteiger partial charge in [0.15, 0.2) is 0 Å². The molecule has 0 saturated carbocycles. The first-order chi connectivity index (χ1) is 10.8. The number of ether oxygens (including phenoxy) is 1. The molecule has 1 aliphatic rings. The lowest BCUT2D eigenvalue weighted by Crippen LogP contribution is -2.21. The predicted molar refractivity (Wildman–Crippen MR) is 96.7 cm³/mol. The monoisotopic (exact) mass is 314 g/mol. The maximum atomic E-state index is 10.8. The van der Waals surface area contributed by atoms with Crippen LogP contribution in [0.3, 0.4) is 0 Å². The Hall–Kier alpha value is -1.54. The van der Waals surface area contributed by atoms with Crippen LogP contribution in [0.4, 0.5) is 0 Å². The van der Waals surface area contributed by atoms with Gasteiger partial charge in [0.1, 0.15) is 11.4 Å². The second-order valence-corrected chi connectivity index (χ2v) is 7.37. The summed E-state index contributed by atoms with van der Waals surface area (Å²) < 4.78 is 5.46. The Bertz CT molecular complexity index is 589. The SMILES string of the molecule is CCOc1ccc(C(C)(O)/C=C/C2=C(C)CCCC2(C)C)cc1. The highest BCUT2D eigenvalue weighted by Crippen LogP contribution is 2.41. The number of rotatable bonds is 5. The van der Waals surface area contributed by atoms with E-state index in [9.17, 15) is 5.11 Å². The lowest BCUT2D eigenvalue weighted by molar-refractivity contribution is 0.111. The van der Waals surface area contributed by atoms with Crippen molar-refractivity contribution in [3.05, 3.63) is 53.1 Å². The zero-order chi connectivity index (χ0) is 17.1. The fourth-order valence-corrected chi connectivity index (χ4v) is 3.41. The molecule has 1 unspecified atom stereocenters. The van der Waals surface area contributed by atoms with Crippen molar-refractivity contribution < 1.29 is 9.84 Å². The van der Waals surface area contributed by atoms with Gasteiger partial charge in [-0.15, -0.1) is 0 Å². The van der Waals surface area contributed by atoms with Gasteiger partial charge in [0, 0.05) is 0 Å². The van der Waals surface area contributed by atoms with Gasteiger partial charge >= 0.3 is 0 Å². The Morgan fingerprint density at radius 1 is 1.26 bits per heavy atom. The maximum Gasteiger partial charge on any atom is 0.119 e. The molecule has 1 aromatic carbocycles. The summed E-state index contributed by atoms with van der Waals surface area (Å²) >= 11 is 0.